The van der Waals surface area contributed by atoms with Gasteiger partial charge in [-0.05, 0) is 29.3 Å². The number of carbonyl (C=O) groups excluding carboxylic acids is 2. The molecule has 34 heavy (non-hydrogen) atoms. The van der Waals surface area contributed by atoms with Crippen LogP contribution in [0.15, 0.2) is 58.5 Å². The Bertz CT molecular complexity index is 1190. The summed E-state index contributed by atoms with van der Waals surface area (Å²) in [7, 11) is -7.33. The van der Waals surface area contributed by atoms with E-state index in [1.165, 1.54) is 6.07 Å². The minimum absolute atomic E-state index is 0.138. The van der Waals surface area contributed by atoms with Crippen LogP contribution in [0.25, 0.3) is 11.1 Å². The maximum atomic E-state index is 12.1. The first-order valence-corrected chi connectivity index (χ1v) is 12.4. The van der Waals surface area contributed by atoms with Gasteiger partial charge in [-0.1, -0.05) is 30.3 Å². The summed E-state index contributed by atoms with van der Waals surface area (Å²) >= 11 is 0. The van der Waals surface area contributed by atoms with Crippen molar-refractivity contribution in [1.29, 1.82) is 0 Å². The molecule has 0 spiro atoms. The Balaban J connectivity index is 0.000000916. The van der Waals surface area contributed by atoms with Gasteiger partial charge >= 0.3 is 0 Å². The maximum absolute atomic E-state index is 12.1. The van der Waals surface area contributed by atoms with E-state index in [0.717, 1.165) is 5.56 Å². The molecule has 186 valence electrons. The highest BCUT2D eigenvalue weighted by Crippen LogP contribution is 2.23. The van der Waals surface area contributed by atoms with E-state index in [9.17, 15) is 26.4 Å². The Labute approximate surface area is 195 Å². The molecule has 0 aromatic heterocycles. The maximum Gasteiger partial charge on any atom is 0.280 e. The highest BCUT2D eigenvalue weighted by molar-refractivity contribution is 7.85. The molecule has 0 fully saturated rings. The second-order valence-electron chi connectivity index (χ2n) is 6.31. The van der Waals surface area contributed by atoms with Crippen LogP contribution in [0.2, 0.25) is 0 Å². The van der Waals surface area contributed by atoms with E-state index in [2.05, 4.69) is 9.98 Å². The standard InChI is InChI=1S/C16H16N6O2.2CH4O3S/c17-15(18)21-13(23)11-6-10(9-4-2-1-3-5-9)7-12(8-11)14(24)22-16(19)20;2*1-5(2,3)4/h1-8H,(H4,17,18,21,23)(H4,19,20,22,24);2*1H3,(H,2,3,4). The van der Waals surface area contributed by atoms with Crippen LogP contribution >= 0.6 is 0 Å². The highest BCUT2D eigenvalue weighted by atomic mass is 32.2. The van der Waals surface area contributed by atoms with Crippen LogP contribution in [0.3, 0.4) is 0 Å². The molecule has 0 aliphatic heterocycles. The monoisotopic (exact) mass is 516 g/mol. The van der Waals surface area contributed by atoms with Gasteiger partial charge in [-0.3, -0.25) is 18.7 Å². The Hall–Kier alpha value is -3.86. The minimum Gasteiger partial charge on any atom is -0.370 e. The summed E-state index contributed by atoms with van der Waals surface area (Å²) in [5, 5.41) is 0. The average Bonchev–Trinajstić information content (AvgIpc) is 2.64. The van der Waals surface area contributed by atoms with E-state index in [1.807, 2.05) is 30.3 Å². The molecule has 10 N–H and O–H groups in total. The number of amides is 2. The molecule has 0 heterocycles. The van der Waals surface area contributed by atoms with Crippen molar-refractivity contribution in [3.8, 4) is 11.1 Å². The first-order valence-electron chi connectivity index (χ1n) is 8.70. The van der Waals surface area contributed by atoms with Crippen molar-refractivity contribution in [2.45, 2.75) is 0 Å². The van der Waals surface area contributed by atoms with Gasteiger partial charge in [-0.2, -0.15) is 26.8 Å². The average molecular weight is 517 g/mol. The van der Waals surface area contributed by atoms with Crippen molar-refractivity contribution < 1.29 is 35.5 Å². The van der Waals surface area contributed by atoms with Crippen molar-refractivity contribution >= 4 is 44.0 Å². The van der Waals surface area contributed by atoms with E-state index in [1.54, 1.807) is 12.1 Å². The Kier molecular flexibility index (Phi) is 11.5. The molecule has 0 saturated heterocycles. The van der Waals surface area contributed by atoms with Gasteiger partial charge in [0.05, 0.1) is 12.5 Å². The van der Waals surface area contributed by atoms with Crippen molar-refractivity contribution in [2.75, 3.05) is 12.5 Å². The summed E-state index contributed by atoms with van der Waals surface area (Å²) in [4.78, 5) is 31.1. The summed E-state index contributed by atoms with van der Waals surface area (Å²) in [6.45, 7) is 0. The molecule has 14 nitrogen and oxygen atoms in total. The van der Waals surface area contributed by atoms with Crippen LogP contribution in [0.4, 0.5) is 0 Å². The van der Waals surface area contributed by atoms with Crippen LogP contribution in [-0.4, -0.2) is 62.2 Å². The normalized spacial score (nSPS) is 10.4. The topological polar surface area (TPSA) is 272 Å². The molecule has 0 aliphatic rings. The van der Waals surface area contributed by atoms with Crippen molar-refractivity contribution in [1.82, 2.24) is 0 Å². The SMILES string of the molecule is CS(=O)(=O)O.CS(=O)(=O)O.NC(N)=NC(=O)c1cc(C(=O)N=C(N)N)cc(-c2ccccc2)c1. The van der Waals surface area contributed by atoms with Gasteiger partial charge in [-0.25, -0.2) is 0 Å². The van der Waals surface area contributed by atoms with Gasteiger partial charge in [0.1, 0.15) is 0 Å². The van der Waals surface area contributed by atoms with Crippen molar-refractivity contribution in [3.05, 3.63) is 59.7 Å². The highest BCUT2D eigenvalue weighted by Gasteiger charge is 2.14. The molecule has 0 aliphatic carbocycles. The second-order valence-corrected chi connectivity index (χ2v) is 9.25. The predicted molar refractivity (Wildman–Crippen MR) is 127 cm³/mol. The fraction of sp³-hybridized carbons (Fsp3) is 0.111. The van der Waals surface area contributed by atoms with Gasteiger partial charge in [-0.15, -0.1) is 0 Å². The lowest BCUT2D eigenvalue weighted by Gasteiger charge is -2.07. The predicted octanol–water partition coefficient (Wildman–Crippen LogP) is -0.811. The first-order chi connectivity index (χ1) is 15.4. The van der Waals surface area contributed by atoms with Crippen molar-refractivity contribution in [2.24, 2.45) is 32.9 Å². The number of benzene rings is 2. The molecule has 16 heteroatoms. The zero-order chi connectivity index (χ0) is 26.7. The lowest BCUT2D eigenvalue weighted by atomic mass is 9.99. The second kappa shape index (κ2) is 13.0. The number of hydrogen-bond acceptors (Lipinski definition) is 6. The summed E-state index contributed by atoms with van der Waals surface area (Å²) in [5.74, 6) is -2.09. The lowest BCUT2D eigenvalue weighted by molar-refractivity contribution is 0.100. The lowest BCUT2D eigenvalue weighted by Crippen LogP contribution is -2.24. The van der Waals surface area contributed by atoms with E-state index >= 15 is 0 Å². The molecule has 0 saturated carbocycles. The number of hydrogen-bond donors (Lipinski definition) is 6. The summed E-state index contributed by atoms with van der Waals surface area (Å²) in [5.41, 5.74) is 22.6. The van der Waals surface area contributed by atoms with Gasteiger partial charge in [0.2, 0.25) is 0 Å². The Morgan fingerprint density at radius 3 is 1.29 bits per heavy atom. The van der Waals surface area contributed by atoms with E-state index < -0.39 is 32.1 Å². The van der Waals surface area contributed by atoms with E-state index in [-0.39, 0.29) is 23.0 Å². The third-order valence-electron chi connectivity index (χ3n) is 3.00. The molecule has 2 rings (SSSR count). The Morgan fingerprint density at radius 2 is 1.00 bits per heavy atom. The molecule has 2 amide bonds. The van der Waals surface area contributed by atoms with Crippen LogP contribution in [-0.2, 0) is 20.2 Å². The largest absolute Gasteiger partial charge is 0.370 e. The number of aliphatic imine (C=N–C) groups is 2. The van der Waals surface area contributed by atoms with Crippen LogP contribution < -0.4 is 22.9 Å². The molecular weight excluding hydrogens is 492 g/mol. The zero-order valence-corrected chi connectivity index (χ0v) is 19.6. The summed E-state index contributed by atoms with van der Waals surface area (Å²) < 4.78 is 51.7. The summed E-state index contributed by atoms with van der Waals surface area (Å²) in [6.07, 6.45) is 1.43. The molecular formula is C18H24N6O8S2. The third-order valence-corrected chi connectivity index (χ3v) is 3.00. The minimum atomic E-state index is -3.67. The molecule has 0 unspecified atom stereocenters. The van der Waals surface area contributed by atoms with Crippen LogP contribution in [0.1, 0.15) is 20.7 Å². The summed E-state index contributed by atoms with van der Waals surface area (Å²) in [6, 6.07) is 13.7. The van der Waals surface area contributed by atoms with Gasteiger partial charge < -0.3 is 22.9 Å². The van der Waals surface area contributed by atoms with E-state index in [4.69, 9.17) is 32.0 Å². The quantitative estimate of drug-likeness (QED) is 0.166. The number of nitrogens with two attached hydrogens (primary N) is 4. The number of guanidine groups is 2. The molecule has 0 bridgehead atoms. The zero-order valence-electron chi connectivity index (χ0n) is 18.0. The van der Waals surface area contributed by atoms with Gasteiger partial charge in [0.15, 0.2) is 11.9 Å². The molecule has 0 atom stereocenters. The number of nitrogens with zero attached hydrogens (tertiary/aromatic N) is 2. The fourth-order valence-electron chi connectivity index (χ4n) is 2.04. The van der Waals surface area contributed by atoms with Crippen molar-refractivity contribution in [3.63, 3.8) is 0 Å². The third kappa shape index (κ3) is 15.9. The number of rotatable bonds is 3. The molecule has 2 aromatic rings. The fourth-order valence-corrected chi connectivity index (χ4v) is 2.04. The Morgan fingerprint density at radius 1 is 0.676 bits per heavy atom. The van der Waals surface area contributed by atoms with Gasteiger partial charge in [0, 0.05) is 11.1 Å². The van der Waals surface area contributed by atoms with E-state index in [0.29, 0.717) is 18.1 Å². The number of carbonyl (C=O) groups is 2. The van der Waals surface area contributed by atoms with Gasteiger partial charge in [0.25, 0.3) is 32.1 Å². The smallest absolute Gasteiger partial charge is 0.280 e. The molecule has 0 radical (unpaired) electrons. The first kappa shape index (κ1) is 30.1. The van der Waals surface area contributed by atoms with Crippen LogP contribution in [0, 0.1) is 0 Å². The molecule has 2 aromatic carbocycles. The van der Waals surface area contributed by atoms with Crippen LogP contribution in [0.5, 0.6) is 0 Å².